The van der Waals surface area contributed by atoms with Crippen molar-refractivity contribution in [2.24, 2.45) is 7.05 Å². The molecule has 1 heterocycles. The standard InChI is InChI=1S/C20H17ClN2O/c1-23-14-16(18-9-2-3-10-19(18)23)13-20(24)22-11-5-7-15-6-4-8-17(21)12-15/h2-4,6,8-10,12,14H,11,13H2,1H3,(H,22,24). The van der Waals surface area contributed by atoms with Crippen LogP contribution in [0.1, 0.15) is 11.1 Å². The van der Waals surface area contributed by atoms with Crippen molar-refractivity contribution in [2.75, 3.05) is 6.54 Å². The van der Waals surface area contributed by atoms with E-state index in [2.05, 4.69) is 17.2 Å². The van der Waals surface area contributed by atoms with Crippen LogP contribution in [-0.4, -0.2) is 17.0 Å². The number of hydrogen-bond acceptors (Lipinski definition) is 1. The molecule has 1 amide bonds. The van der Waals surface area contributed by atoms with Gasteiger partial charge in [0, 0.05) is 34.7 Å². The Morgan fingerprint density at radius 1 is 1.21 bits per heavy atom. The molecule has 0 aliphatic heterocycles. The van der Waals surface area contributed by atoms with E-state index in [1.54, 1.807) is 12.1 Å². The Labute approximate surface area is 146 Å². The Hall–Kier alpha value is -2.70. The van der Waals surface area contributed by atoms with Crippen LogP contribution in [0.2, 0.25) is 5.02 Å². The molecule has 1 aromatic heterocycles. The third-order valence-corrected chi connectivity index (χ3v) is 4.00. The zero-order chi connectivity index (χ0) is 16.9. The number of fused-ring (bicyclic) bond motifs is 1. The lowest BCUT2D eigenvalue weighted by atomic mass is 10.1. The summed E-state index contributed by atoms with van der Waals surface area (Å²) >= 11 is 5.91. The predicted molar refractivity (Wildman–Crippen MR) is 98.0 cm³/mol. The van der Waals surface area contributed by atoms with Gasteiger partial charge in [0.25, 0.3) is 0 Å². The summed E-state index contributed by atoms with van der Waals surface area (Å²) in [4.78, 5) is 12.1. The van der Waals surface area contributed by atoms with E-state index in [9.17, 15) is 4.79 Å². The van der Waals surface area contributed by atoms with E-state index in [1.165, 1.54) is 0 Å². The van der Waals surface area contributed by atoms with E-state index in [4.69, 9.17) is 11.6 Å². The highest BCUT2D eigenvalue weighted by Gasteiger charge is 2.09. The number of aryl methyl sites for hydroxylation is 1. The Balaban J connectivity index is 1.60. The van der Waals surface area contributed by atoms with Gasteiger partial charge in [-0.2, -0.15) is 0 Å². The maximum atomic E-state index is 12.1. The van der Waals surface area contributed by atoms with Gasteiger partial charge in [-0.15, -0.1) is 0 Å². The topological polar surface area (TPSA) is 34.0 Å². The maximum absolute atomic E-state index is 12.1. The van der Waals surface area contributed by atoms with Gasteiger partial charge >= 0.3 is 0 Å². The van der Waals surface area contributed by atoms with Crippen LogP contribution in [0.5, 0.6) is 0 Å². The number of halogens is 1. The zero-order valence-electron chi connectivity index (χ0n) is 13.3. The van der Waals surface area contributed by atoms with E-state index in [0.717, 1.165) is 22.0 Å². The van der Waals surface area contributed by atoms with Crippen molar-refractivity contribution in [1.29, 1.82) is 0 Å². The van der Waals surface area contributed by atoms with Crippen LogP contribution < -0.4 is 5.32 Å². The second-order valence-electron chi connectivity index (χ2n) is 5.55. The molecule has 0 bridgehead atoms. The average Bonchev–Trinajstić information content (AvgIpc) is 2.88. The third kappa shape index (κ3) is 3.79. The minimum absolute atomic E-state index is 0.0354. The predicted octanol–water partition coefficient (Wildman–Crippen LogP) is 3.54. The monoisotopic (exact) mass is 336 g/mol. The van der Waals surface area contributed by atoms with Gasteiger partial charge in [0.15, 0.2) is 0 Å². The van der Waals surface area contributed by atoms with Crippen molar-refractivity contribution in [3.63, 3.8) is 0 Å². The summed E-state index contributed by atoms with van der Waals surface area (Å²) in [7, 11) is 1.99. The summed E-state index contributed by atoms with van der Waals surface area (Å²) in [5, 5.41) is 4.60. The molecule has 0 aliphatic rings. The number of amides is 1. The number of nitrogens with one attached hydrogen (secondary N) is 1. The first-order valence-electron chi connectivity index (χ1n) is 7.67. The van der Waals surface area contributed by atoms with Crippen molar-refractivity contribution in [2.45, 2.75) is 6.42 Å². The highest BCUT2D eigenvalue weighted by molar-refractivity contribution is 6.30. The lowest BCUT2D eigenvalue weighted by Gasteiger charge is -2.00. The molecule has 0 saturated heterocycles. The molecule has 3 nitrogen and oxygen atoms in total. The van der Waals surface area contributed by atoms with Gasteiger partial charge in [-0.1, -0.05) is 47.7 Å². The normalized spacial score (nSPS) is 10.2. The SMILES string of the molecule is Cn1cc(CC(=O)NCC#Cc2cccc(Cl)c2)c2ccccc21. The van der Waals surface area contributed by atoms with Crippen LogP contribution in [0.15, 0.2) is 54.7 Å². The second kappa shape index (κ2) is 7.25. The molecular formula is C20H17ClN2O. The van der Waals surface area contributed by atoms with Gasteiger partial charge in [0.1, 0.15) is 0 Å². The van der Waals surface area contributed by atoms with Gasteiger partial charge in [0.2, 0.25) is 5.91 Å². The fraction of sp³-hybridized carbons (Fsp3) is 0.150. The summed E-state index contributed by atoms with van der Waals surface area (Å²) in [6.07, 6.45) is 2.35. The molecule has 0 fully saturated rings. The smallest absolute Gasteiger partial charge is 0.225 e. The number of hydrogen-bond donors (Lipinski definition) is 1. The Kier molecular flexibility index (Phi) is 4.88. The number of nitrogens with zero attached hydrogens (tertiary/aromatic N) is 1. The molecule has 4 heteroatoms. The molecule has 0 atom stereocenters. The summed E-state index contributed by atoms with van der Waals surface area (Å²) in [5.74, 6) is 5.89. The molecule has 0 aliphatic carbocycles. The molecule has 3 rings (SSSR count). The fourth-order valence-corrected chi connectivity index (χ4v) is 2.85. The summed E-state index contributed by atoms with van der Waals surface area (Å²) in [6.45, 7) is 0.316. The van der Waals surface area contributed by atoms with E-state index in [1.807, 2.05) is 54.2 Å². The Bertz CT molecular complexity index is 947. The van der Waals surface area contributed by atoms with Gasteiger partial charge in [-0.05, 0) is 29.8 Å². The molecule has 0 unspecified atom stereocenters. The Morgan fingerprint density at radius 2 is 2.04 bits per heavy atom. The summed E-state index contributed by atoms with van der Waals surface area (Å²) < 4.78 is 2.04. The largest absolute Gasteiger partial charge is 0.350 e. The molecular weight excluding hydrogens is 320 g/mol. The average molecular weight is 337 g/mol. The number of benzene rings is 2. The molecule has 0 saturated carbocycles. The fourth-order valence-electron chi connectivity index (χ4n) is 2.66. The van der Waals surface area contributed by atoms with Crippen LogP contribution in [0.4, 0.5) is 0 Å². The lowest BCUT2D eigenvalue weighted by molar-refractivity contribution is -0.120. The van der Waals surface area contributed by atoms with Gasteiger partial charge in [0.05, 0.1) is 13.0 Å². The van der Waals surface area contributed by atoms with E-state index in [0.29, 0.717) is 18.0 Å². The molecule has 24 heavy (non-hydrogen) atoms. The zero-order valence-corrected chi connectivity index (χ0v) is 14.1. The third-order valence-electron chi connectivity index (χ3n) is 3.76. The quantitative estimate of drug-likeness (QED) is 0.729. The molecule has 1 N–H and O–H groups in total. The number of carbonyl (C=O) groups excluding carboxylic acids is 1. The van der Waals surface area contributed by atoms with Crippen LogP contribution in [0.25, 0.3) is 10.9 Å². The van der Waals surface area contributed by atoms with Crippen LogP contribution >= 0.6 is 11.6 Å². The first kappa shape index (κ1) is 16.2. The minimum Gasteiger partial charge on any atom is -0.350 e. The van der Waals surface area contributed by atoms with Crippen molar-refractivity contribution in [1.82, 2.24) is 9.88 Å². The first-order chi connectivity index (χ1) is 11.6. The van der Waals surface area contributed by atoms with Gasteiger partial charge < -0.3 is 9.88 Å². The first-order valence-corrected chi connectivity index (χ1v) is 8.05. The summed E-state index contributed by atoms with van der Waals surface area (Å²) in [6, 6.07) is 15.4. The number of aromatic nitrogens is 1. The highest BCUT2D eigenvalue weighted by atomic mass is 35.5. The number of para-hydroxylation sites is 1. The second-order valence-corrected chi connectivity index (χ2v) is 5.98. The number of rotatable bonds is 3. The lowest BCUT2D eigenvalue weighted by Crippen LogP contribution is -2.25. The molecule has 0 radical (unpaired) electrons. The molecule has 0 spiro atoms. The molecule has 3 aromatic rings. The molecule has 120 valence electrons. The summed E-state index contributed by atoms with van der Waals surface area (Å²) in [5.41, 5.74) is 2.99. The maximum Gasteiger partial charge on any atom is 0.225 e. The van der Waals surface area contributed by atoms with Crippen LogP contribution in [0, 0.1) is 11.8 Å². The number of carbonyl (C=O) groups is 1. The molecule has 2 aromatic carbocycles. The van der Waals surface area contributed by atoms with Gasteiger partial charge in [-0.3, -0.25) is 4.79 Å². The Morgan fingerprint density at radius 3 is 2.88 bits per heavy atom. The van der Waals surface area contributed by atoms with Crippen LogP contribution in [-0.2, 0) is 18.3 Å². The van der Waals surface area contributed by atoms with E-state index >= 15 is 0 Å². The van der Waals surface area contributed by atoms with Crippen molar-refractivity contribution in [3.8, 4) is 11.8 Å². The minimum atomic E-state index is -0.0354. The van der Waals surface area contributed by atoms with E-state index < -0.39 is 0 Å². The van der Waals surface area contributed by atoms with Gasteiger partial charge in [-0.25, -0.2) is 0 Å². The van der Waals surface area contributed by atoms with Crippen molar-refractivity contribution < 1.29 is 4.79 Å². The van der Waals surface area contributed by atoms with Crippen LogP contribution in [0.3, 0.4) is 0 Å². The van der Waals surface area contributed by atoms with E-state index in [-0.39, 0.29) is 5.91 Å². The highest BCUT2D eigenvalue weighted by Crippen LogP contribution is 2.20. The van der Waals surface area contributed by atoms with Crippen molar-refractivity contribution in [3.05, 3.63) is 70.9 Å². The van der Waals surface area contributed by atoms with Crippen molar-refractivity contribution >= 4 is 28.4 Å².